The van der Waals surface area contributed by atoms with Gasteiger partial charge in [-0.05, 0) is 29.8 Å². The molecule has 1 amide bonds. The van der Waals surface area contributed by atoms with Crippen molar-refractivity contribution in [2.24, 2.45) is 0 Å². The second kappa shape index (κ2) is 7.06. The number of thiazole rings is 1. The van der Waals surface area contributed by atoms with Gasteiger partial charge < -0.3 is 10.1 Å². The van der Waals surface area contributed by atoms with Gasteiger partial charge in [0, 0.05) is 5.69 Å². The highest BCUT2D eigenvalue weighted by Crippen LogP contribution is 2.28. The van der Waals surface area contributed by atoms with Crippen LogP contribution < -0.4 is 5.32 Å². The van der Waals surface area contributed by atoms with Crippen LogP contribution in [0.15, 0.2) is 60.1 Å². The molecule has 1 aromatic heterocycles. The highest BCUT2D eigenvalue weighted by Gasteiger charge is 2.16. The Morgan fingerprint density at radius 1 is 1.04 bits per heavy atom. The van der Waals surface area contributed by atoms with E-state index < -0.39 is 5.97 Å². The number of ether oxygens (including phenoxy) is 1. The smallest absolute Gasteiger partial charge is 0.337 e. The average Bonchev–Trinajstić information content (AvgIpc) is 3.12. The molecule has 120 valence electrons. The highest BCUT2D eigenvalue weighted by molar-refractivity contribution is 7.13. The van der Waals surface area contributed by atoms with E-state index in [0.717, 1.165) is 10.4 Å². The maximum Gasteiger partial charge on any atom is 0.337 e. The molecular formula is C18H14N2O3S. The normalized spacial score (nSPS) is 10.2. The first-order valence-electron chi connectivity index (χ1n) is 7.17. The molecule has 0 bridgehead atoms. The van der Waals surface area contributed by atoms with Gasteiger partial charge >= 0.3 is 5.97 Å². The molecule has 0 saturated carbocycles. The molecule has 3 rings (SSSR count). The molecule has 0 fully saturated rings. The summed E-state index contributed by atoms with van der Waals surface area (Å²) in [5, 5.41) is 2.79. The third kappa shape index (κ3) is 3.33. The van der Waals surface area contributed by atoms with E-state index in [-0.39, 0.29) is 5.91 Å². The average molecular weight is 338 g/mol. The van der Waals surface area contributed by atoms with Crippen LogP contribution in [0.1, 0.15) is 20.8 Å². The van der Waals surface area contributed by atoms with Crippen LogP contribution in [0.4, 0.5) is 5.69 Å². The molecule has 3 aromatic rings. The molecule has 0 spiro atoms. The summed E-state index contributed by atoms with van der Waals surface area (Å²) in [7, 11) is 1.32. The van der Waals surface area contributed by atoms with Gasteiger partial charge in [-0.2, -0.15) is 0 Å². The Hall–Kier alpha value is -2.99. The van der Waals surface area contributed by atoms with Crippen LogP contribution in [0, 0.1) is 0 Å². The molecule has 1 heterocycles. The Morgan fingerprint density at radius 2 is 1.75 bits per heavy atom. The largest absolute Gasteiger partial charge is 0.465 e. The molecule has 0 aliphatic carbocycles. The van der Waals surface area contributed by atoms with Crippen molar-refractivity contribution in [3.63, 3.8) is 0 Å². The van der Waals surface area contributed by atoms with Crippen molar-refractivity contribution in [1.29, 1.82) is 0 Å². The van der Waals surface area contributed by atoms with Crippen LogP contribution in [-0.4, -0.2) is 24.0 Å². The number of nitrogens with zero attached hydrogens (tertiary/aromatic N) is 1. The molecule has 5 nitrogen and oxygen atoms in total. The van der Waals surface area contributed by atoms with Crippen LogP contribution in [0.3, 0.4) is 0 Å². The number of hydrogen-bond acceptors (Lipinski definition) is 5. The van der Waals surface area contributed by atoms with Crippen molar-refractivity contribution in [3.8, 4) is 10.4 Å². The summed E-state index contributed by atoms with van der Waals surface area (Å²) in [5.41, 5.74) is 3.99. The lowest BCUT2D eigenvalue weighted by Crippen LogP contribution is -2.13. The third-order valence-electron chi connectivity index (χ3n) is 3.38. The number of esters is 1. The molecule has 6 heteroatoms. The number of carbonyl (C=O) groups is 2. The predicted molar refractivity (Wildman–Crippen MR) is 93.3 cm³/mol. The topological polar surface area (TPSA) is 68.3 Å². The van der Waals surface area contributed by atoms with Crippen LogP contribution in [0.25, 0.3) is 10.4 Å². The number of anilines is 1. The van der Waals surface area contributed by atoms with Gasteiger partial charge in [0.15, 0.2) is 0 Å². The van der Waals surface area contributed by atoms with Gasteiger partial charge in [-0.3, -0.25) is 4.79 Å². The van der Waals surface area contributed by atoms with E-state index in [1.54, 1.807) is 29.8 Å². The van der Waals surface area contributed by atoms with E-state index in [1.807, 2.05) is 30.3 Å². The van der Waals surface area contributed by atoms with Gasteiger partial charge in [-0.25, -0.2) is 9.78 Å². The summed E-state index contributed by atoms with van der Waals surface area (Å²) in [4.78, 5) is 28.9. The molecule has 0 unspecified atom stereocenters. The standard InChI is InChI=1S/C18H14N2O3S/c1-23-18(22)13-7-9-14(10-8-13)20-17(21)15-16(24-11-19-15)12-5-3-2-4-6-12/h2-11H,1H3,(H,20,21). The van der Waals surface area contributed by atoms with E-state index >= 15 is 0 Å². The van der Waals surface area contributed by atoms with Gasteiger partial charge in [0.05, 0.1) is 23.1 Å². The number of methoxy groups -OCH3 is 1. The predicted octanol–water partition coefficient (Wildman–Crippen LogP) is 3.85. The molecule has 24 heavy (non-hydrogen) atoms. The van der Waals surface area contributed by atoms with E-state index in [4.69, 9.17) is 0 Å². The SMILES string of the molecule is COC(=O)c1ccc(NC(=O)c2ncsc2-c2ccccc2)cc1. The van der Waals surface area contributed by atoms with Crippen molar-refractivity contribution in [2.45, 2.75) is 0 Å². The second-order valence-corrected chi connectivity index (χ2v) is 5.77. The van der Waals surface area contributed by atoms with Gasteiger partial charge in [-0.1, -0.05) is 30.3 Å². The molecule has 2 aromatic carbocycles. The van der Waals surface area contributed by atoms with E-state index in [2.05, 4.69) is 15.0 Å². The maximum absolute atomic E-state index is 12.5. The number of hydrogen-bond donors (Lipinski definition) is 1. The molecule has 0 aliphatic rings. The third-order valence-corrected chi connectivity index (χ3v) is 4.26. The zero-order valence-electron chi connectivity index (χ0n) is 12.9. The Morgan fingerprint density at radius 3 is 2.42 bits per heavy atom. The van der Waals surface area contributed by atoms with E-state index in [9.17, 15) is 9.59 Å². The Labute approximate surface area is 142 Å². The maximum atomic E-state index is 12.5. The summed E-state index contributed by atoms with van der Waals surface area (Å²) in [6.07, 6.45) is 0. The number of benzene rings is 2. The minimum atomic E-state index is -0.418. The molecular weight excluding hydrogens is 324 g/mol. The van der Waals surface area contributed by atoms with E-state index in [0.29, 0.717) is 16.9 Å². The Balaban J connectivity index is 1.79. The second-order valence-electron chi connectivity index (χ2n) is 4.92. The molecule has 1 N–H and O–H groups in total. The monoisotopic (exact) mass is 338 g/mol. The molecule has 0 saturated heterocycles. The lowest BCUT2D eigenvalue weighted by Gasteiger charge is -2.06. The van der Waals surface area contributed by atoms with Gasteiger partial charge in [-0.15, -0.1) is 11.3 Å². The summed E-state index contributed by atoms with van der Waals surface area (Å²) in [5.74, 6) is -0.709. The van der Waals surface area contributed by atoms with E-state index in [1.165, 1.54) is 18.4 Å². The number of aromatic nitrogens is 1. The number of amides is 1. The first-order valence-corrected chi connectivity index (χ1v) is 8.05. The first-order chi connectivity index (χ1) is 11.7. The Bertz CT molecular complexity index is 857. The molecule has 0 atom stereocenters. The zero-order valence-corrected chi connectivity index (χ0v) is 13.7. The molecule has 0 aliphatic heterocycles. The van der Waals surface area contributed by atoms with Crippen LogP contribution in [-0.2, 0) is 4.74 Å². The lowest BCUT2D eigenvalue weighted by molar-refractivity contribution is 0.0600. The summed E-state index contributed by atoms with van der Waals surface area (Å²) < 4.78 is 4.65. The van der Waals surface area contributed by atoms with Crippen molar-refractivity contribution < 1.29 is 14.3 Å². The van der Waals surface area contributed by atoms with Crippen LogP contribution in [0.5, 0.6) is 0 Å². The van der Waals surface area contributed by atoms with Crippen molar-refractivity contribution in [3.05, 3.63) is 71.4 Å². The summed E-state index contributed by atoms with van der Waals surface area (Å²) in [6, 6.07) is 16.1. The lowest BCUT2D eigenvalue weighted by atomic mass is 10.1. The van der Waals surface area contributed by atoms with Crippen molar-refractivity contribution >= 4 is 28.9 Å². The quantitative estimate of drug-likeness (QED) is 0.734. The summed E-state index contributed by atoms with van der Waals surface area (Å²) in [6.45, 7) is 0. The van der Waals surface area contributed by atoms with Crippen molar-refractivity contribution in [1.82, 2.24) is 4.98 Å². The van der Waals surface area contributed by atoms with Gasteiger partial charge in [0.25, 0.3) is 5.91 Å². The van der Waals surface area contributed by atoms with Crippen LogP contribution in [0.2, 0.25) is 0 Å². The van der Waals surface area contributed by atoms with Crippen LogP contribution >= 0.6 is 11.3 Å². The number of nitrogens with one attached hydrogen (secondary N) is 1. The number of carbonyl (C=O) groups excluding carboxylic acids is 2. The number of rotatable bonds is 4. The fourth-order valence-electron chi connectivity index (χ4n) is 2.20. The van der Waals surface area contributed by atoms with Gasteiger partial charge in [0.1, 0.15) is 5.69 Å². The minimum Gasteiger partial charge on any atom is -0.465 e. The fraction of sp³-hybridized carbons (Fsp3) is 0.0556. The Kier molecular flexibility index (Phi) is 4.67. The highest BCUT2D eigenvalue weighted by atomic mass is 32.1. The fourth-order valence-corrected chi connectivity index (χ4v) is 2.99. The minimum absolute atomic E-state index is 0.291. The zero-order chi connectivity index (χ0) is 16.9. The van der Waals surface area contributed by atoms with Gasteiger partial charge in [0.2, 0.25) is 0 Å². The van der Waals surface area contributed by atoms with Crippen molar-refractivity contribution in [2.75, 3.05) is 12.4 Å². The summed E-state index contributed by atoms with van der Waals surface area (Å²) >= 11 is 1.42. The first kappa shape index (κ1) is 15.9. The molecule has 0 radical (unpaired) electrons.